The number of nitro benzene ring substituents is 1. The van der Waals surface area contributed by atoms with Crippen LogP contribution in [0.2, 0.25) is 18.1 Å². The largest absolute Gasteiger partial charge is 0.494 e. The molecule has 0 aliphatic heterocycles. The molecule has 1 aromatic rings. The quantitative estimate of drug-likeness (QED) is 0.300. The topological polar surface area (TPSA) is 92.8 Å². The minimum Gasteiger partial charge on any atom is -0.494 e. The predicted molar refractivity (Wildman–Crippen MR) is 96.8 cm³/mol. The van der Waals surface area contributed by atoms with Gasteiger partial charge in [0.15, 0.2) is 8.32 Å². The van der Waals surface area contributed by atoms with E-state index in [0.717, 1.165) is 19.3 Å². The Kier molecular flexibility index (Phi) is 6.94. The predicted octanol–water partition coefficient (Wildman–Crippen LogP) is 4.17. The van der Waals surface area contributed by atoms with Gasteiger partial charge in [-0.2, -0.15) is 0 Å². The molecule has 24 heavy (non-hydrogen) atoms. The zero-order valence-corrected chi connectivity index (χ0v) is 16.2. The molecule has 0 spiro atoms. The van der Waals surface area contributed by atoms with Gasteiger partial charge in [0, 0.05) is 6.07 Å². The van der Waals surface area contributed by atoms with E-state index in [1.165, 1.54) is 19.1 Å². The molecular weight excluding hydrogens is 326 g/mol. The maximum atomic E-state index is 10.9. The van der Waals surface area contributed by atoms with Crippen molar-refractivity contribution < 1.29 is 19.6 Å². The first kappa shape index (κ1) is 20.6. The van der Waals surface area contributed by atoms with Crippen LogP contribution < -0.4 is 4.74 Å². The van der Waals surface area contributed by atoms with Crippen molar-refractivity contribution in [3.05, 3.63) is 33.9 Å². The van der Waals surface area contributed by atoms with Gasteiger partial charge in [0.1, 0.15) is 5.75 Å². The summed E-state index contributed by atoms with van der Waals surface area (Å²) >= 11 is 0. The van der Waals surface area contributed by atoms with E-state index in [1.54, 1.807) is 6.07 Å². The number of aliphatic hydroxyl groups is 1. The normalized spacial score (nSPS) is 13.6. The highest BCUT2D eigenvalue weighted by Crippen LogP contribution is 2.40. The number of hydrogen-bond acceptors (Lipinski definition) is 5. The lowest BCUT2D eigenvalue weighted by molar-refractivity contribution is -0.386. The van der Waals surface area contributed by atoms with E-state index < -0.39 is 19.3 Å². The van der Waals surface area contributed by atoms with Crippen LogP contribution in [0, 0.1) is 10.1 Å². The molecule has 1 atom stereocenters. The second-order valence-electron chi connectivity index (χ2n) is 7.40. The van der Waals surface area contributed by atoms with E-state index in [-0.39, 0.29) is 16.3 Å². The van der Waals surface area contributed by atoms with E-state index in [4.69, 9.17) is 4.74 Å². The molecule has 2 N–H and O–H groups in total. The molecule has 1 unspecified atom stereocenters. The fraction of sp³-hybridized carbons (Fsp3) is 0.647. The standard InChI is InChI=1S/C17H29NO5Si/c1-13(19)15-12-14(8-9-16(15)18(20)21)23-11-7-6-10-17(2,3)24(4,5)22/h8-9,12-13,19,22H,6-7,10-11H2,1-5H3. The third kappa shape index (κ3) is 5.57. The second kappa shape index (κ2) is 8.09. The number of aliphatic hydroxyl groups excluding tert-OH is 1. The van der Waals surface area contributed by atoms with Crippen molar-refractivity contribution in [2.24, 2.45) is 0 Å². The minimum atomic E-state index is -2.18. The van der Waals surface area contributed by atoms with Crippen LogP contribution in [0.25, 0.3) is 0 Å². The summed E-state index contributed by atoms with van der Waals surface area (Å²) in [5.41, 5.74) is 0.154. The third-order valence-corrected chi connectivity index (χ3v) is 8.33. The molecule has 0 bridgehead atoms. The number of benzene rings is 1. The summed E-state index contributed by atoms with van der Waals surface area (Å²) in [4.78, 5) is 20.7. The molecule has 0 heterocycles. The van der Waals surface area contributed by atoms with Gasteiger partial charge in [-0.1, -0.05) is 13.8 Å². The molecular formula is C17H29NO5Si. The van der Waals surface area contributed by atoms with Crippen molar-refractivity contribution in [3.8, 4) is 5.75 Å². The minimum absolute atomic E-state index is 0.0418. The summed E-state index contributed by atoms with van der Waals surface area (Å²) < 4.78 is 5.65. The van der Waals surface area contributed by atoms with Gasteiger partial charge in [0.2, 0.25) is 0 Å². The Morgan fingerprint density at radius 1 is 1.33 bits per heavy atom. The lowest BCUT2D eigenvalue weighted by Crippen LogP contribution is -2.38. The third-order valence-electron chi connectivity index (χ3n) is 4.77. The Morgan fingerprint density at radius 2 is 1.96 bits per heavy atom. The van der Waals surface area contributed by atoms with Gasteiger partial charge >= 0.3 is 0 Å². The van der Waals surface area contributed by atoms with E-state index in [2.05, 4.69) is 13.8 Å². The summed E-state index contributed by atoms with van der Waals surface area (Å²) in [7, 11) is -2.18. The molecule has 0 radical (unpaired) electrons. The molecule has 1 rings (SSSR count). The molecule has 0 aliphatic rings. The highest BCUT2D eigenvalue weighted by atomic mass is 28.4. The number of nitro groups is 1. The van der Waals surface area contributed by atoms with Crippen molar-refractivity contribution in [1.29, 1.82) is 0 Å². The molecule has 136 valence electrons. The Labute approximate surface area is 144 Å². The van der Waals surface area contributed by atoms with Crippen LogP contribution >= 0.6 is 0 Å². The van der Waals surface area contributed by atoms with Crippen LogP contribution in [0.15, 0.2) is 18.2 Å². The fourth-order valence-corrected chi connectivity index (χ4v) is 3.08. The van der Waals surface area contributed by atoms with Crippen molar-refractivity contribution >= 4 is 14.0 Å². The summed E-state index contributed by atoms with van der Waals surface area (Å²) in [6.07, 6.45) is 1.80. The summed E-state index contributed by atoms with van der Waals surface area (Å²) in [6, 6.07) is 4.44. The second-order valence-corrected chi connectivity index (χ2v) is 11.9. The maximum Gasteiger partial charge on any atom is 0.275 e. The van der Waals surface area contributed by atoms with Crippen LogP contribution in [0.3, 0.4) is 0 Å². The number of hydrogen-bond donors (Lipinski definition) is 2. The molecule has 0 saturated carbocycles. The Balaban J connectivity index is 2.55. The molecule has 0 aliphatic carbocycles. The van der Waals surface area contributed by atoms with Crippen LogP contribution in [0.1, 0.15) is 51.7 Å². The zero-order chi connectivity index (χ0) is 18.5. The maximum absolute atomic E-state index is 10.9. The summed E-state index contributed by atoms with van der Waals surface area (Å²) in [5.74, 6) is 0.521. The van der Waals surface area contributed by atoms with Gasteiger partial charge in [0.05, 0.1) is 23.2 Å². The average Bonchev–Trinajstić information content (AvgIpc) is 2.45. The molecule has 1 aromatic carbocycles. The SMILES string of the molecule is CC(O)c1cc(OCCCCC(C)(C)[Si](C)(C)O)ccc1[N+](=O)[O-]. The molecule has 6 nitrogen and oxygen atoms in total. The van der Waals surface area contributed by atoms with Crippen LogP contribution in [-0.4, -0.2) is 29.7 Å². The zero-order valence-electron chi connectivity index (χ0n) is 15.2. The van der Waals surface area contributed by atoms with Gasteiger partial charge < -0.3 is 14.6 Å². The Hall–Kier alpha value is -1.44. The molecule has 0 aromatic heterocycles. The van der Waals surface area contributed by atoms with Crippen molar-refractivity contribution in [1.82, 2.24) is 0 Å². The van der Waals surface area contributed by atoms with Gasteiger partial charge in [0.25, 0.3) is 5.69 Å². The highest BCUT2D eigenvalue weighted by molar-refractivity contribution is 6.72. The van der Waals surface area contributed by atoms with Gasteiger partial charge in [-0.05, 0) is 56.5 Å². The van der Waals surface area contributed by atoms with Crippen LogP contribution in [0.5, 0.6) is 5.75 Å². The van der Waals surface area contributed by atoms with E-state index in [1.807, 2.05) is 13.1 Å². The lowest BCUT2D eigenvalue weighted by atomic mass is 10.1. The molecule has 0 fully saturated rings. The molecule has 0 saturated heterocycles. The first-order chi connectivity index (χ1) is 11.0. The van der Waals surface area contributed by atoms with Crippen molar-refractivity contribution in [2.45, 2.75) is 64.3 Å². The number of ether oxygens (including phenoxy) is 1. The van der Waals surface area contributed by atoms with E-state index in [0.29, 0.717) is 12.4 Å². The number of unbranched alkanes of at least 4 members (excludes halogenated alkanes) is 1. The van der Waals surface area contributed by atoms with Crippen LogP contribution in [0.4, 0.5) is 5.69 Å². The van der Waals surface area contributed by atoms with Gasteiger partial charge in [-0.25, -0.2) is 0 Å². The van der Waals surface area contributed by atoms with Crippen molar-refractivity contribution in [2.75, 3.05) is 6.61 Å². The smallest absolute Gasteiger partial charge is 0.275 e. The first-order valence-corrected chi connectivity index (χ1v) is 11.2. The Morgan fingerprint density at radius 3 is 2.46 bits per heavy atom. The summed E-state index contributed by atoms with van der Waals surface area (Å²) in [6.45, 7) is 10.1. The Bertz CT molecular complexity index is 567. The molecule has 7 heteroatoms. The van der Waals surface area contributed by atoms with Crippen LogP contribution in [-0.2, 0) is 0 Å². The van der Waals surface area contributed by atoms with Gasteiger partial charge in [-0.15, -0.1) is 0 Å². The lowest BCUT2D eigenvalue weighted by Gasteiger charge is -2.35. The van der Waals surface area contributed by atoms with Gasteiger partial charge in [-0.3, -0.25) is 10.1 Å². The first-order valence-electron chi connectivity index (χ1n) is 8.27. The van der Waals surface area contributed by atoms with Crippen molar-refractivity contribution in [3.63, 3.8) is 0 Å². The highest BCUT2D eigenvalue weighted by Gasteiger charge is 2.37. The average molecular weight is 356 g/mol. The monoisotopic (exact) mass is 355 g/mol. The fourth-order valence-electron chi connectivity index (χ4n) is 2.29. The number of rotatable bonds is 9. The van der Waals surface area contributed by atoms with E-state index >= 15 is 0 Å². The molecule has 0 amide bonds. The summed E-state index contributed by atoms with van der Waals surface area (Å²) in [5, 5.41) is 20.6. The van der Waals surface area contributed by atoms with E-state index in [9.17, 15) is 20.0 Å². The number of nitrogens with zero attached hydrogens (tertiary/aromatic N) is 1.